The van der Waals surface area contributed by atoms with Crippen molar-refractivity contribution in [2.75, 3.05) is 13.2 Å². The zero-order valence-corrected chi connectivity index (χ0v) is 9.84. The first-order chi connectivity index (χ1) is 7.31. The molecule has 1 aliphatic carbocycles. The molecule has 1 atom stereocenters. The molecule has 2 aliphatic rings. The molecule has 1 saturated carbocycles. The minimum absolute atomic E-state index is 0.0981. The maximum absolute atomic E-state index is 6.62. The fourth-order valence-electron chi connectivity index (χ4n) is 3.26. The van der Waals surface area contributed by atoms with Crippen LogP contribution < -0.4 is 5.73 Å². The Labute approximate surface area is 93.6 Å². The Kier molecular flexibility index (Phi) is 4.04. The first-order valence-electron chi connectivity index (χ1n) is 6.68. The van der Waals surface area contributed by atoms with Crippen molar-refractivity contribution >= 4 is 0 Å². The molecule has 1 unspecified atom stereocenters. The molecule has 2 heteroatoms. The van der Waals surface area contributed by atoms with Crippen LogP contribution in [0.1, 0.15) is 57.8 Å². The van der Waals surface area contributed by atoms with Gasteiger partial charge in [0, 0.05) is 18.8 Å². The van der Waals surface area contributed by atoms with E-state index in [2.05, 4.69) is 0 Å². The lowest BCUT2D eigenvalue weighted by atomic mass is 9.75. The van der Waals surface area contributed by atoms with Gasteiger partial charge in [-0.1, -0.05) is 25.7 Å². The van der Waals surface area contributed by atoms with Crippen LogP contribution in [0.5, 0.6) is 0 Å². The fourth-order valence-corrected chi connectivity index (χ4v) is 3.26. The molecular formula is C13H25NO. The number of hydrogen-bond acceptors (Lipinski definition) is 2. The molecule has 0 spiro atoms. The summed E-state index contributed by atoms with van der Waals surface area (Å²) in [5, 5.41) is 0. The highest BCUT2D eigenvalue weighted by atomic mass is 16.5. The highest BCUT2D eigenvalue weighted by Gasteiger charge is 2.35. The predicted molar refractivity (Wildman–Crippen MR) is 62.8 cm³/mol. The molecule has 2 fully saturated rings. The quantitative estimate of drug-likeness (QED) is 0.677. The van der Waals surface area contributed by atoms with Gasteiger partial charge >= 0.3 is 0 Å². The smallest absolute Gasteiger partial charge is 0.0483 e. The van der Waals surface area contributed by atoms with Crippen molar-refractivity contribution in [2.24, 2.45) is 11.7 Å². The van der Waals surface area contributed by atoms with Gasteiger partial charge in [-0.15, -0.1) is 0 Å². The summed E-state index contributed by atoms with van der Waals surface area (Å²) in [6.07, 6.45) is 11.8. The van der Waals surface area contributed by atoms with Crippen LogP contribution >= 0.6 is 0 Å². The molecule has 1 saturated heterocycles. The van der Waals surface area contributed by atoms with Crippen molar-refractivity contribution in [2.45, 2.75) is 63.3 Å². The first-order valence-corrected chi connectivity index (χ1v) is 6.68. The van der Waals surface area contributed by atoms with E-state index in [0.29, 0.717) is 0 Å². The molecule has 0 aromatic rings. The van der Waals surface area contributed by atoms with E-state index < -0.39 is 0 Å². The zero-order valence-electron chi connectivity index (χ0n) is 9.84. The third-order valence-corrected chi connectivity index (χ3v) is 4.31. The van der Waals surface area contributed by atoms with Gasteiger partial charge in [0.2, 0.25) is 0 Å². The lowest BCUT2D eigenvalue weighted by molar-refractivity contribution is 0.131. The molecule has 1 aliphatic heterocycles. The van der Waals surface area contributed by atoms with Gasteiger partial charge in [0.05, 0.1) is 0 Å². The topological polar surface area (TPSA) is 35.2 Å². The summed E-state index contributed by atoms with van der Waals surface area (Å²) in [5.41, 5.74) is 6.72. The van der Waals surface area contributed by atoms with Crippen molar-refractivity contribution in [3.8, 4) is 0 Å². The largest absolute Gasteiger partial charge is 0.381 e. The summed E-state index contributed by atoms with van der Waals surface area (Å²) in [6.45, 7) is 1.80. The number of nitrogens with two attached hydrogens (primary N) is 1. The monoisotopic (exact) mass is 211 g/mol. The third kappa shape index (κ3) is 2.94. The van der Waals surface area contributed by atoms with Gasteiger partial charge in [-0.3, -0.25) is 0 Å². The molecule has 88 valence electrons. The molecule has 2 rings (SSSR count). The summed E-state index contributed by atoms with van der Waals surface area (Å²) in [5.74, 6) is 0.765. The SMILES string of the molecule is NC1(C2CCCCCC2)CCCOCC1. The van der Waals surface area contributed by atoms with Gasteiger partial charge in [-0.25, -0.2) is 0 Å². The first kappa shape index (κ1) is 11.4. The second kappa shape index (κ2) is 5.31. The second-order valence-corrected chi connectivity index (χ2v) is 5.39. The summed E-state index contributed by atoms with van der Waals surface area (Å²) in [6, 6.07) is 0. The highest BCUT2D eigenvalue weighted by molar-refractivity contribution is 4.92. The Morgan fingerprint density at radius 2 is 1.60 bits per heavy atom. The van der Waals surface area contributed by atoms with E-state index in [0.717, 1.165) is 32.0 Å². The van der Waals surface area contributed by atoms with Crippen molar-refractivity contribution in [1.29, 1.82) is 0 Å². The third-order valence-electron chi connectivity index (χ3n) is 4.31. The molecule has 2 nitrogen and oxygen atoms in total. The Hall–Kier alpha value is -0.0800. The summed E-state index contributed by atoms with van der Waals surface area (Å²) < 4.78 is 5.53. The Morgan fingerprint density at radius 3 is 2.33 bits per heavy atom. The van der Waals surface area contributed by atoms with Crippen LogP contribution in [0.15, 0.2) is 0 Å². The van der Waals surface area contributed by atoms with Crippen LogP contribution in [0.3, 0.4) is 0 Å². The maximum atomic E-state index is 6.62. The Balaban J connectivity index is 1.97. The van der Waals surface area contributed by atoms with E-state index in [1.807, 2.05) is 0 Å². The van der Waals surface area contributed by atoms with E-state index >= 15 is 0 Å². The lowest BCUT2D eigenvalue weighted by Gasteiger charge is -2.36. The molecule has 0 bridgehead atoms. The predicted octanol–water partition coefficient (Wildman–Crippen LogP) is 2.85. The Bertz CT molecular complexity index is 177. The van der Waals surface area contributed by atoms with Crippen LogP contribution in [0, 0.1) is 5.92 Å². The van der Waals surface area contributed by atoms with Crippen LogP contribution in [0.4, 0.5) is 0 Å². The molecule has 0 amide bonds. The van der Waals surface area contributed by atoms with Gasteiger partial charge in [0.15, 0.2) is 0 Å². The molecular weight excluding hydrogens is 186 g/mol. The van der Waals surface area contributed by atoms with E-state index in [9.17, 15) is 0 Å². The molecule has 0 radical (unpaired) electrons. The van der Waals surface area contributed by atoms with Gasteiger partial charge in [0.25, 0.3) is 0 Å². The normalized spacial score (nSPS) is 35.8. The second-order valence-electron chi connectivity index (χ2n) is 5.39. The van der Waals surface area contributed by atoms with Crippen LogP contribution in [0.25, 0.3) is 0 Å². The highest BCUT2D eigenvalue weighted by Crippen LogP contribution is 2.36. The van der Waals surface area contributed by atoms with Crippen molar-refractivity contribution in [1.82, 2.24) is 0 Å². The average molecular weight is 211 g/mol. The summed E-state index contributed by atoms with van der Waals surface area (Å²) >= 11 is 0. The van der Waals surface area contributed by atoms with Crippen LogP contribution in [-0.4, -0.2) is 18.8 Å². The molecule has 15 heavy (non-hydrogen) atoms. The van der Waals surface area contributed by atoms with Gasteiger partial charge < -0.3 is 10.5 Å². The summed E-state index contributed by atoms with van der Waals surface area (Å²) in [7, 11) is 0. The summed E-state index contributed by atoms with van der Waals surface area (Å²) in [4.78, 5) is 0. The number of rotatable bonds is 1. The fraction of sp³-hybridized carbons (Fsp3) is 1.00. The minimum Gasteiger partial charge on any atom is -0.381 e. The zero-order chi connectivity index (χ0) is 10.6. The van der Waals surface area contributed by atoms with Gasteiger partial charge in [0.1, 0.15) is 0 Å². The van der Waals surface area contributed by atoms with Crippen LogP contribution in [-0.2, 0) is 4.74 Å². The van der Waals surface area contributed by atoms with Crippen molar-refractivity contribution in [3.05, 3.63) is 0 Å². The van der Waals surface area contributed by atoms with Crippen LogP contribution in [0.2, 0.25) is 0 Å². The average Bonchev–Trinajstić information content (AvgIpc) is 2.60. The van der Waals surface area contributed by atoms with E-state index in [4.69, 9.17) is 10.5 Å². The lowest BCUT2D eigenvalue weighted by Crippen LogP contribution is -2.47. The van der Waals surface area contributed by atoms with E-state index in [-0.39, 0.29) is 5.54 Å². The number of ether oxygens (including phenoxy) is 1. The van der Waals surface area contributed by atoms with Crippen molar-refractivity contribution in [3.63, 3.8) is 0 Å². The Morgan fingerprint density at radius 1 is 0.867 bits per heavy atom. The van der Waals surface area contributed by atoms with E-state index in [1.165, 1.54) is 44.9 Å². The molecule has 2 N–H and O–H groups in total. The van der Waals surface area contributed by atoms with Gasteiger partial charge in [-0.2, -0.15) is 0 Å². The van der Waals surface area contributed by atoms with Gasteiger partial charge in [-0.05, 0) is 38.0 Å². The minimum atomic E-state index is 0.0981. The number of hydrogen-bond donors (Lipinski definition) is 1. The molecule has 1 heterocycles. The standard InChI is InChI=1S/C13H25NO/c14-13(8-5-10-15-11-9-13)12-6-3-1-2-4-7-12/h12H,1-11,14H2. The molecule has 0 aromatic carbocycles. The molecule has 0 aromatic heterocycles. The van der Waals surface area contributed by atoms with E-state index in [1.54, 1.807) is 0 Å². The van der Waals surface area contributed by atoms with Crippen molar-refractivity contribution < 1.29 is 4.74 Å². The maximum Gasteiger partial charge on any atom is 0.0483 e.